The second-order valence-electron chi connectivity index (χ2n) is 6.97. The molecule has 0 fully saturated rings. The first kappa shape index (κ1) is 20.1. The lowest BCUT2D eigenvalue weighted by molar-refractivity contribution is 0.795. The molecule has 0 amide bonds. The first-order valence-corrected chi connectivity index (χ1v) is 9.91. The quantitative estimate of drug-likeness (QED) is 0.360. The Morgan fingerprint density at radius 2 is 0.962 bits per heavy atom. The van der Waals surface area contributed by atoms with E-state index in [4.69, 9.17) is 0 Å². The molecule has 2 aromatic carbocycles. The molecule has 0 aliphatic rings. The van der Waals surface area contributed by atoms with Crippen molar-refractivity contribution in [1.82, 2.24) is 0 Å². The molecular weight excluding hydrogens is 316 g/mol. The molecule has 0 unspecified atom stereocenters. The van der Waals surface area contributed by atoms with Crippen LogP contribution in [-0.4, -0.2) is 11.4 Å². The first-order chi connectivity index (χ1) is 12.6. The maximum atomic E-state index is 4.44. The average molecular weight is 349 g/mol. The largest absolute Gasteiger partial charge is 0.155 e. The van der Waals surface area contributed by atoms with E-state index in [1.807, 2.05) is 13.8 Å². The van der Waals surface area contributed by atoms with Gasteiger partial charge in [0.2, 0.25) is 0 Å². The lowest BCUT2D eigenvalue weighted by Crippen LogP contribution is -1.98. The number of hydrogen-bond acceptors (Lipinski definition) is 2. The molecule has 0 N–H and O–H groups in total. The molecule has 0 aliphatic carbocycles. The smallest absolute Gasteiger partial charge is 0.0671 e. The SMILES string of the molecule is CCCCc1ccc(/C(C)=N\N=C(\C)c2ccc(CCCC)cc2)cc1. The Labute approximate surface area is 159 Å². The molecule has 2 aromatic rings. The molecular formula is C24H32N2. The number of nitrogens with zero attached hydrogens (tertiary/aromatic N) is 2. The molecule has 0 atom stereocenters. The minimum Gasteiger partial charge on any atom is -0.155 e. The highest BCUT2D eigenvalue weighted by atomic mass is 15.2. The molecule has 0 bridgehead atoms. The number of benzene rings is 2. The fourth-order valence-corrected chi connectivity index (χ4v) is 2.85. The fourth-order valence-electron chi connectivity index (χ4n) is 2.85. The summed E-state index contributed by atoms with van der Waals surface area (Å²) in [7, 11) is 0. The van der Waals surface area contributed by atoms with E-state index in [0.29, 0.717) is 0 Å². The molecule has 26 heavy (non-hydrogen) atoms. The van der Waals surface area contributed by atoms with Crippen LogP contribution in [0.2, 0.25) is 0 Å². The number of aryl methyl sites for hydroxylation is 2. The van der Waals surface area contributed by atoms with Crippen LogP contribution in [0.4, 0.5) is 0 Å². The molecule has 0 saturated heterocycles. The molecule has 0 spiro atoms. The van der Waals surface area contributed by atoms with E-state index in [2.05, 4.69) is 72.6 Å². The highest BCUT2D eigenvalue weighted by Crippen LogP contribution is 2.11. The summed E-state index contributed by atoms with van der Waals surface area (Å²) in [6.07, 6.45) is 7.25. The Kier molecular flexibility index (Phi) is 8.27. The van der Waals surface area contributed by atoms with Crippen molar-refractivity contribution in [2.24, 2.45) is 10.2 Å². The van der Waals surface area contributed by atoms with Crippen molar-refractivity contribution in [3.05, 3.63) is 70.8 Å². The topological polar surface area (TPSA) is 24.7 Å². The minimum absolute atomic E-state index is 0.950. The molecule has 2 heteroatoms. The van der Waals surface area contributed by atoms with Gasteiger partial charge in [0.1, 0.15) is 0 Å². The lowest BCUT2D eigenvalue weighted by atomic mass is 10.0. The van der Waals surface area contributed by atoms with E-state index in [-0.39, 0.29) is 0 Å². The second kappa shape index (κ2) is 10.7. The maximum absolute atomic E-state index is 4.44. The molecule has 0 aromatic heterocycles. The standard InChI is InChI=1S/C24H32N2/c1-5-7-9-21-11-15-23(16-12-21)19(3)25-26-20(4)24-17-13-22(14-18-24)10-8-6-2/h11-18H,5-10H2,1-4H3/b25-19-,26-20-. The van der Waals surface area contributed by atoms with Crippen molar-refractivity contribution in [3.63, 3.8) is 0 Å². The van der Waals surface area contributed by atoms with Crippen molar-refractivity contribution in [1.29, 1.82) is 0 Å². The van der Waals surface area contributed by atoms with Gasteiger partial charge in [0.15, 0.2) is 0 Å². The van der Waals surface area contributed by atoms with Gasteiger partial charge in [-0.25, -0.2) is 0 Å². The van der Waals surface area contributed by atoms with Crippen LogP contribution in [0.5, 0.6) is 0 Å². The Morgan fingerprint density at radius 3 is 1.27 bits per heavy atom. The Balaban J connectivity index is 2.03. The van der Waals surface area contributed by atoms with Gasteiger partial charge in [-0.2, -0.15) is 10.2 Å². The van der Waals surface area contributed by atoms with Crippen molar-refractivity contribution in [3.8, 4) is 0 Å². The fraction of sp³-hybridized carbons (Fsp3) is 0.417. The highest BCUT2D eigenvalue weighted by Gasteiger charge is 2.01. The van der Waals surface area contributed by atoms with E-state index in [9.17, 15) is 0 Å². The van der Waals surface area contributed by atoms with Gasteiger partial charge in [-0.15, -0.1) is 0 Å². The van der Waals surface area contributed by atoms with Crippen LogP contribution in [0.3, 0.4) is 0 Å². The van der Waals surface area contributed by atoms with E-state index in [1.165, 1.54) is 36.8 Å². The van der Waals surface area contributed by atoms with Gasteiger partial charge >= 0.3 is 0 Å². The number of hydrogen-bond donors (Lipinski definition) is 0. The molecule has 0 heterocycles. The Bertz CT molecular complexity index is 656. The third-order valence-corrected chi connectivity index (χ3v) is 4.73. The van der Waals surface area contributed by atoms with E-state index < -0.39 is 0 Å². The van der Waals surface area contributed by atoms with Crippen LogP contribution in [0, 0.1) is 0 Å². The number of rotatable bonds is 9. The van der Waals surface area contributed by atoms with Gasteiger partial charge in [0.25, 0.3) is 0 Å². The number of unbranched alkanes of at least 4 members (excludes halogenated alkanes) is 2. The molecule has 0 radical (unpaired) electrons. The van der Waals surface area contributed by atoms with E-state index in [0.717, 1.165) is 35.4 Å². The summed E-state index contributed by atoms with van der Waals surface area (Å²) in [5.74, 6) is 0. The lowest BCUT2D eigenvalue weighted by Gasteiger charge is -2.04. The van der Waals surface area contributed by atoms with Gasteiger partial charge in [-0.3, -0.25) is 0 Å². The minimum atomic E-state index is 0.950. The predicted octanol–water partition coefficient (Wildman–Crippen LogP) is 6.61. The molecule has 0 aliphatic heterocycles. The predicted molar refractivity (Wildman–Crippen MR) is 115 cm³/mol. The third kappa shape index (κ3) is 6.25. The van der Waals surface area contributed by atoms with Crippen molar-refractivity contribution < 1.29 is 0 Å². The van der Waals surface area contributed by atoms with Gasteiger partial charge in [0, 0.05) is 0 Å². The van der Waals surface area contributed by atoms with Crippen LogP contribution in [0.25, 0.3) is 0 Å². The second-order valence-corrected chi connectivity index (χ2v) is 6.97. The Morgan fingerprint density at radius 1 is 0.615 bits per heavy atom. The third-order valence-electron chi connectivity index (χ3n) is 4.73. The summed E-state index contributed by atoms with van der Waals surface area (Å²) in [5.41, 5.74) is 6.96. The zero-order chi connectivity index (χ0) is 18.8. The highest BCUT2D eigenvalue weighted by molar-refractivity contribution is 6.01. The summed E-state index contributed by atoms with van der Waals surface area (Å²) in [4.78, 5) is 0. The first-order valence-electron chi connectivity index (χ1n) is 9.91. The zero-order valence-electron chi connectivity index (χ0n) is 16.8. The molecule has 138 valence electrons. The van der Waals surface area contributed by atoms with Crippen molar-refractivity contribution in [2.45, 2.75) is 66.2 Å². The van der Waals surface area contributed by atoms with E-state index in [1.54, 1.807) is 0 Å². The van der Waals surface area contributed by atoms with Crippen molar-refractivity contribution >= 4 is 11.4 Å². The summed E-state index contributed by atoms with van der Waals surface area (Å²) in [6.45, 7) is 8.49. The zero-order valence-corrected chi connectivity index (χ0v) is 16.8. The summed E-state index contributed by atoms with van der Waals surface area (Å²) in [5, 5.41) is 8.88. The Hall–Kier alpha value is -2.22. The van der Waals surface area contributed by atoms with Crippen LogP contribution in [0.1, 0.15) is 75.6 Å². The summed E-state index contributed by atoms with van der Waals surface area (Å²) >= 11 is 0. The van der Waals surface area contributed by atoms with Gasteiger partial charge in [0.05, 0.1) is 11.4 Å². The summed E-state index contributed by atoms with van der Waals surface area (Å²) < 4.78 is 0. The molecule has 2 nitrogen and oxygen atoms in total. The van der Waals surface area contributed by atoms with Gasteiger partial charge < -0.3 is 0 Å². The maximum Gasteiger partial charge on any atom is 0.0671 e. The summed E-state index contributed by atoms with van der Waals surface area (Å²) in [6, 6.07) is 17.4. The van der Waals surface area contributed by atoms with E-state index >= 15 is 0 Å². The molecule has 0 saturated carbocycles. The van der Waals surface area contributed by atoms with Gasteiger partial charge in [-0.05, 0) is 61.8 Å². The molecule has 2 rings (SSSR count). The monoisotopic (exact) mass is 348 g/mol. The van der Waals surface area contributed by atoms with Crippen LogP contribution >= 0.6 is 0 Å². The van der Waals surface area contributed by atoms with Crippen LogP contribution in [0.15, 0.2) is 58.7 Å². The average Bonchev–Trinajstić information content (AvgIpc) is 2.69. The van der Waals surface area contributed by atoms with Crippen LogP contribution < -0.4 is 0 Å². The normalized spacial score (nSPS) is 12.5. The van der Waals surface area contributed by atoms with Crippen molar-refractivity contribution in [2.75, 3.05) is 0 Å². The van der Waals surface area contributed by atoms with Gasteiger partial charge in [-0.1, -0.05) is 75.2 Å². The van der Waals surface area contributed by atoms with Crippen LogP contribution in [-0.2, 0) is 12.8 Å².